The van der Waals surface area contributed by atoms with Crippen molar-refractivity contribution in [1.29, 1.82) is 0 Å². The number of nitrogen functional groups attached to an aromatic ring is 1. The topological polar surface area (TPSA) is 83.0 Å². The second kappa shape index (κ2) is 4.38. The van der Waals surface area contributed by atoms with E-state index >= 15 is 0 Å². The van der Waals surface area contributed by atoms with E-state index in [-0.39, 0.29) is 11.9 Å². The molecule has 19 heavy (non-hydrogen) atoms. The van der Waals surface area contributed by atoms with Crippen LogP contribution in [0.15, 0.2) is 18.3 Å². The highest BCUT2D eigenvalue weighted by Gasteiger charge is 2.23. The number of anilines is 1. The van der Waals surface area contributed by atoms with Crippen LogP contribution in [0, 0.1) is 0 Å². The van der Waals surface area contributed by atoms with Crippen LogP contribution in [0.1, 0.15) is 23.0 Å². The number of nitrogens with two attached hydrogens (primary N) is 1. The summed E-state index contributed by atoms with van der Waals surface area (Å²) in [6.45, 7) is 2.88. The zero-order chi connectivity index (χ0) is 13.4. The van der Waals surface area contributed by atoms with Crippen LogP contribution in [0.5, 0.6) is 0 Å². The van der Waals surface area contributed by atoms with Gasteiger partial charge in [0, 0.05) is 18.3 Å². The molecular weight excluding hydrogens is 244 g/mol. The Kier molecular flexibility index (Phi) is 2.70. The summed E-state index contributed by atoms with van der Waals surface area (Å²) in [6, 6.07) is 3.64. The first kappa shape index (κ1) is 11.7. The lowest BCUT2D eigenvalue weighted by molar-refractivity contribution is 0.0514. The van der Waals surface area contributed by atoms with Crippen molar-refractivity contribution in [2.45, 2.75) is 19.9 Å². The van der Waals surface area contributed by atoms with Gasteiger partial charge in [-0.15, -0.1) is 0 Å². The maximum Gasteiger partial charge on any atom is 0.354 e. The number of carbonyl (C=O) groups excluding carboxylic acids is 1. The average molecular weight is 258 g/mol. The minimum absolute atomic E-state index is 0.242. The molecule has 6 nitrogen and oxygen atoms in total. The Morgan fingerprint density at radius 1 is 1.53 bits per heavy atom. The highest BCUT2D eigenvalue weighted by Crippen LogP contribution is 2.30. The Balaban J connectivity index is 2.09. The van der Waals surface area contributed by atoms with Crippen LogP contribution < -0.4 is 5.73 Å². The van der Waals surface area contributed by atoms with E-state index < -0.39 is 0 Å². The first-order valence-corrected chi connectivity index (χ1v) is 6.19. The zero-order valence-electron chi connectivity index (χ0n) is 10.6. The van der Waals surface area contributed by atoms with Crippen LogP contribution in [0.25, 0.3) is 11.4 Å². The Bertz CT molecular complexity index is 648. The van der Waals surface area contributed by atoms with Gasteiger partial charge in [-0.2, -0.15) is 0 Å². The lowest BCUT2D eigenvalue weighted by Gasteiger charge is -2.19. The van der Waals surface area contributed by atoms with E-state index in [4.69, 9.17) is 10.5 Å². The molecule has 0 aromatic carbocycles. The zero-order valence-corrected chi connectivity index (χ0v) is 10.6. The summed E-state index contributed by atoms with van der Waals surface area (Å²) in [6.07, 6.45) is 2.53. The van der Waals surface area contributed by atoms with Gasteiger partial charge in [-0.1, -0.05) is 0 Å². The first-order valence-electron chi connectivity index (χ1n) is 6.19. The largest absolute Gasteiger partial charge is 0.461 e. The summed E-state index contributed by atoms with van der Waals surface area (Å²) in [5, 5.41) is 0. The van der Waals surface area contributed by atoms with Crippen LogP contribution in [-0.2, 0) is 17.7 Å². The highest BCUT2D eigenvalue weighted by molar-refractivity contribution is 5.89. The molecule has 0 atom stereocenters. The number of ether oxygens (including phenoxy) is 1. The van der Waals surface area contributed by atoms with E-state index in [0.717, 1.165) is 29.9 Å². The molecule has 2 N–H and O–H groups in total. The van der Waals surface area contributed by atoms with Gasteiger partial charge in [-0.25, -0.2) is 14.8 Å². The summed E-state index contributed by atoms with van der Waals surface area (Å²) in [4.78, 5) is 20.1. The summed E-state index contributed by atoms with van der Waals surface area (Å²) >= 11 is 0. The molecule has 0 fully saturated rings. The Morgan fingerprint density at radius 2 is 2.37 bits per heavy atom. The molecule has 0 bridgehead atoms. The molecule has 0 unspecified atom stereocenters. The number of esters is 1. The van der Waals surface area contributed by atoms with Gasteiger partial charge in [-0.3, -0.25) is 0 Å². The van der Waals surface area contributed by atoms with Crippen molar-refractivity contribution in [2.75, 3.05) is 12.3 Å². The molecule has 6 heteroatoms. The monoisotopic (exact) mass is 258 g/mol. The maximum absolute atomic E-state index is 11.9. The van der Waals surface area contributed by atoms with Crippen LogP contribution in [0.4, 0.5) is 5.95 Å². The fourth-order valence-corrected chi connectivity index (χ4v) is 2.36. The molecule has 1 aliphatic rings. The van der Waals surface area contributed by atoms with E-state index in [1.165, 1.54) is 0 Å². The Hall–Kier alpha value is -2.37. The van der Waals surface area contributed by atoms with Crippen molar-refractivity contribution in [3.63, 3.8) is 0 Å². The Morgan fingerprint density at radius 3 is 3.16 bits per heavy atom. The van der Waals surface area contributed by atoms with Gasteiger partial charge in [0.1, 0.15) is 5.69 Å². The van der Waals surface area contributed by atoms with Crippen molar-refractivity contribution in [3.8, 4) is 11.4 Å². The van der Waals surface area contributed by atoms with Gasteiger partial charge in [0.15, 0.2) is 0 Å². The number of carbonyl (C=O) groups is 1. The van der Waals surface area contributed by atoms with Gasteiger partial charge in [0.05, 0.1) is 18.0 Å². The van der Waals surface area contributed by atoms with Crippen molar-refractivity contribution in [1.82, 2.24) is 14.5 Å². The quantitative estimate of drug-likeness (QED) is 0.820. The third-order valence-corrected chi connectivity index (χ3v) is 3.20. The highest BCUT2D eigenvalue weighted by atomic mass is 16.5. The minimum atomic E-state index is -0.306. The van der Waals surface area contributed by atoms with E-state index in [1.807, 2.05) is 10.6 Å². The van der Waals surface area contributed by atoms with Gasteiger partial charge in [0.25, 0.3) is 0 Å². The van der Waals surface area contributed by atoms with Gasteiger partial charge < -0.3 is 15.0 Å². The summed E-state index contributed by atoms with van der Waals surface area (Å²) in [7, 11) is 0. The molecule has 1 aliphatic heterocycles. The molecular formula is C13H14N4O2. The molecule has 0 saturated heterocycles. The third kappa shape index (κ3) is 1.85. The SMILES string of the molecule is CCOC(=O)c1ccc2n1CCc1cnc(N)nc1-2. The number of fused-ring (bicyclic) bond motifs is 3. The fraction of sp³-hybridized carbons (Fsp3) is 0.308. The van der Waals surface area contributed by atoms with E-state index in [0.29, 0.717) is 12.3 Å². The molecule has 2 aromatic rings. The number of aryl methyl sites for hydroxylation is 1. The number of aromatic nitrogens is 3. The third-order valence-electron chi connectivity index (χ3n) is 3.20. The van der Waals surface area contributed by atoms with E-state index in [2.05, 4.69) is 9.97 Å². The van der Waals surface area contributed by atoms with E-state index in [1.54, 1.807) is 19.2 Å². The lowest BCUT2D eigenvalue weighted by Crippen LogP contribution is -2.18. The summed E-state index contributed by atoms with van der Waals surface area (Å²) in [5.41, 5.74) is 8.92. The fourth-order valence-electron chi connectivity index (χ4n) is 2.36. The van der Waals surface area contributed by atoms with Crippen molar-refractivity contribution >= 4 is 11.9 Å². The second-order valence-electron chi connectivity index (χ2n) is 4.33. The molecule has 3 rings (SSSR count). The predicted octanol–water partition coefficient (Wildman–Crippen LogP) is 1.26. The number of rotatable bonds is 2. The molecule has 98 valence electrons. The molecule has 2 aromatic heterocycles. The molecule has 0 saturated carbocycles. The molecule has 0 amide bonds. The summed E-state index contributed by atoms with van der Waals surface area (Å²) < 4.78 is 6.97. The number of hydrogen-bond acceptors (Lipinski definition) is 5. The molecule has 3 heterocycles. The summed E-state index contributed by atoms with van der Waals surface area (Å²) in [5.74, 6) is -0.0645. The van der Waals surface area contributed by atoms with Crippen LogP contribution >= 0.6 is 0 Å². The number of nitrogens with zero attached hydrogens (tertiary/aromatic N) is 3. The average Bonchev–Trinajstić information content (AvgIpc) is 2.83. The molecule has 0 radical (unpaired) electrons. The van der Waals surface area contributed by atoms with Crippen LogP contribution in [0.3, 0.4) is 0 Å². The van der Waals surface area contributed by atoms with Gasteiger partial charge in [-0.05, 0) is 25.5 Å². The smallest absolute Gasteiger partial charge is 0.354 e. The Labute approximate surface area is 110 Å². The van der Waals surface area contributed by atoms with Crippen molar-refractivity contribution in [2.24, 2.45) is 0 Å². The maximum atomic E-state index is 11.9. The first-order chi connectivity index (χ1) is 9.20. The normalized spacial score (nSPS) is 12.7. The molecule has 0 spiro atoms. The second-order valence-corrected chi connectivity index (χ2v) is 4.33. The standard InChI is InChI=1S/C13H14N4O2/c1-2-19-12(18)10-4-3-9-11-8(5-6-17(9)10)7-15-13(14)16-11/h3-4,7H,2,5-6H2,1H3,(H2,14,15,16). The van der Waals surface area contributed by atoms with Crippen molar-refractivity contribution < 1.29 is 9.53 Å². The number of hydrogen-bond donors (Lipinski definition) is 1. The lowest BCUT2D eigenvalue weighted by atomic mass is 10.1. The van der Waals surface area contributed by atoms with Crippen LogP contribution in [0.2, 0.25) is 0 Å². The van der Waals surface area contributed by atoms with Crippen molar-refractivity contribution in [3.05, 3.63) is 29.6 Å². The minimum Gasteiger partial charge on any atom is -0.461 e. The van der Waals surface area contributed by atoms with Gasteiger partial charge >= 0.3 is 5.97 Å². The van der Waals surface area contributed by atoms with Gasteiger partial charge in [0.2, 0.25) is 5.95 Å². The van der Waals surface area contributed by atoms with Crippen LogP contribution in [-0.4, -0.2) is 27.1 Å². The molecule has 0 aliphatic carbocycles. The predicted molar refractivity (Wildman–Crippen MR) is 69.5 cm³/mol. The van der Waals surface area contributed by atoms with E-state index in [9.17, 15) is 4.79 Å².